The molecule has 2 heterocycles. The molecule has 90 valence electrons. The van der Waals surface area contributed by atoms with E-state index in [9.17, 15) is 0 Å². The van der Waals surface area contributed by atoms with Crippen LogP contribution in [0.3, 0.4) is 0 Å². The molecule has 1 fully saturated rings. The second-order valence-corrected chi connectivity index (χ2v) is 6.68. The van der Waals surface area contributed by atoms with E-state index in [2.05, 4.69) is 11.8 Å². The largest absolute Gasteiger partial charge is 0.330 e. The van der Waals surface area contributed by atoms with Crippen molar-refractivity contribution >= 4 is 34.5 Å². The zero-order valence-corrected chi connectivity index (χ0v) is 11.6. The molecule has 1 aliphatic heterocycles. The first-order valence-electron chi connectivity index (χ1n) is 5.38. The van der Waals surface area contributed by atoms with E-state index < -0.39 is 0 Å². The minimum Gasteiger partial charge on any atom is -0.330 e. The number of hydrogen-bond donors (Lipinski definition) is 1. The summed E-state index contributed by atoms with van der Waals surface area (Å²) in [7, 11) is 0. The summed E-state index contributed by atoms with van der Waals surface area (Å²) in [5.74, 6) is 0. The molecular formula is C11H16Cl2N2S. The van der Waals surface area contributed by atoms with E-state index in [4.69, 9.17) is 28.9 Å². The number of hydrogen-bond acceptors (Lipinski definition) is 3. The Balaban J connectivity index is 2.00. The van der Waals surface area contributed by atoms with Crippen molar-refractivity contribution < 1.29 is 0 Å². The Kier molecular flexibility index (Phi) is 3.82. The highest BCUT2D eigenvalue weighted by Crippen LogP contribution is 2.35. The molecule has 0 amide bonds. The number of nitrogens with zero attached hydrogens (tertiary/aromatic N) is 1. The third-order valence-electron chi connectivity index (χ3n) is 3.28. The fourth-order valence-corrected chi connectivity index (χ4v) is 3.37. The van der Waals surface area contributed by atoms with Crippen LogP contribution in [-0.2, 0) is 6.54 Å². The summed E-state index contributed by atoms with van der Waals surface area (Å²) in [4.78, 5) is 2.40. The number of nitrogens with two attached hydrogens (primary N) is 1. The molecule has 16 heavy (non-hydrogen) atoms. The van der Waals surface area contributed by atoms with E-state index in [1.54, 1.807) is 0 Å². The summed E-state index contributed by atoms with van der Waals surface area (Å²) >= 11 is 13.6. The van der Waals surface area contributed by atoms with Crippen molar-refractivity contribution in [1.82, 2.24) is 4.90 Å². The van der Waals surface area contributed by atoms with Gasteiger partial charge in [-0.15, -0.1) is 11.3 Å². The van der Waals surface area contributed by atoms with Crippen LogP contribution in [-0.4, -0.2) is 24.5 Å². The molecule has 0 aromatic carbocycles. The highest BCUT2D eigenvalue weighted by atomic mass is 35.5. The lowest BCUT2D eigenvalue weighted by molar-refractivity contribution is 0.275. The number of halogens is 2. The van der Waals surface area contributed by atoms with Gasteiger partial charge in [-0.05, 0) is 35.9 Å². The predicted octanol–water partition coefficient (Wildman–Crippen LogP) is 3.23. The standard InChI is InChI=1S/C11H16Cl2N2S/c1-11(6-14)2-3-15(7-11)4-8-5-16-10(13)9(8)12/h5H,2-4,6-7,14H2,1H3. The van der Waals surface area contributed by atoms with E-state index in [0.717, 1.165) is 31.7 Å². The van der Waals surface area contributed by atoms with Crippen molar-refractivity contribution in [2.45, 2.75) is 19.9 Å². The summed E-state index contributed by atoms with van der Waals surface area (Å²) in [6.07, 6.45) is 1.17. The summed E-state index contributed by atoms with van der Waals surface area (Å²) < 4.78 is 0.692. The Bertz CT molecular complexity index is 380. The molecule has 2 nitrogen and oxygen atoms in total. The quantitative estimate of drug-likeness (QED) is 0.920. The molecule has 1 atom stereocenters. The maximum absolute atomic E-state index is 6.12. The second kappa shape index (κ2) is 4.83. The van der Waals surface area contributed by atoms with Gasteiger partial charge in [0, 0.05) is 13.1 Å². The first-order valence-corrected chi connectivity index (χ1v) is 7.01. The molecule has 1 aliphatic rings. The first-order chi connectivity index (χ1) is 7.54. The van der Waals surface area contributed by atoms with Crippen LogP contribution >= 0.6 is 34.5 Å². The fraction of sp³-hybridized carbons (Fsp3) is 0.636. The molecule has 1 aromatic rings. The third kappa shape index (κ3) is 2.54. The normalized spacial score (nSPS) is 26.5. The molecule has 0 spiro atoms. The molecule has 2 rings (SSSR count). The lowest BCUT2D eigenvalue weighted by Crippen LogP contribution is -2.31. The lowest BCUT2D eigenvalue weighted by atomic mass is 9.90. The summed E-state index contributed by atoms with van der Waals surface area (Å²) in [6.45, 7) is 6.03. The highest BCUT2D eigenvalue weighted by Gasteiger charge is 2.32. The van der Waals surface area contributed by atoms with Crippen molar-refractivity contribution in [1.29, 1.82) is 0 Å². The summed E-state index contributed by atoms with van der Waals surface area (Å²) in [6, 6.07) is 0. The Labute approximate surface area is 110 Å². The van der Waals surface area contributed by atoms with E-state index in [1.807, 2.05) is 5.38 Å². The van der Waals surface area contributed by atoms with Gasteiger partial charge in [0.15, 0.2) is 0 Å². The van der Waals surface area contributed by atoms with Gasteiger partial charge in [0.25, 0.3) is 0 Å². The van der Waals surface area contributed by atoms with E-state index in [-0.39, 0.29) is 5.41 Å². The van der Waals surface area contributed by atoms with Crippen molar-refractivity contribution in [3.8, 4) is 0 Å². The minimum absolute atomic E-state index is 0.270. The van der Waals surface area contributed by atoms with Crippen LogP contribution in [0, 0.1) is 5.41 Å². The first kappa shape index (κ1) is 12.7. The average Bonchev–Trinajstić information content (AvgIpc) is 2.78. The van der Waals surface area contributed by atoms with Gasteiger partial charge in [-0.1, -0.05) is 30.1 Å². The van der Waals surface area contributed by atoms with Crippen LogP contribution in [0.25, 0.3) is 0 Å². The third-order valence-corrected chi connectivity index (χ3v) is 5.19. The van der Waals surface area contributed by atoms with Crippen LogP contribution in [0.4, 0.5) is 0 Å². The molecule has 1 unspecified atom stereocenters. The van der Waals surface area contributed by atoms with E-state index in [1.165, 1.54) is 17.8 Å². The number of likely N-dealkylation sites (tertiary alicyclic amines) is 1. The number of thiophene rings is 1. The Morgan fingerprint density at radius 2 is 2.31 bits per heavy atom. The van der Waals surface area contributed by atoms with Crippen molar-refractivity contribution in [2.75, 3.05) is 19.6 Å². The molecule has 5 heteroatoms. The minimum atomic E-state index is 0.270. The highest BCUT2D eigenvalue weighted by molar-refractivity contribution is 7.15. The van der Waals surface area contributed by atoms with Crippen molar-refractivity contribution in [3.05, 3.63) is 20.3 Å². The van der Waals surface area contributed by atoms with Crippen LogP contribution < -0.4 is 5.73 Å². The predicted molar refractivity (Wildman–Crippen MR) is 71.4 cm³/mol. The monoisotopic (exact) mass is 278 g/mol. The topological polar surface area (TPSA) is 29.3 Å². The van der Waals surface area contributed by atoms with Crippen LogP contribution in [0.2, 0.25) is 9.36 Å². The molecule has 0 radical (unpaired) electrons. The summed E-state index contributed by atoms with van der Waals surface area (Å²) in [5, 5.41) is 2.76. The molecule has 1 aromatic heterocycles. The van der Waals surface area contributed by atoms with Crippen molar-refractivity contribution in [2.24, 2.45) is 11.1 Å². The molecule has 0 bridgehead atoms. The number of rotatable bonds is 3. The van der Waals surface area contributed by atoms with Gasteiger partial charge < -0.3 is 5.73 Å². The SMILES string of the molecule is CC1(CN)CCN(Cc2csc(Cl)c2Cl)C1. The summed E-state index contributed by atoms with van der Waals surface area (Å²) in [5.41, 5.74) is 7.19. The Morgan fingerprint density at radius 1 is 1.56 bits per heavy atom. The molecular weight excluding hydrogens is 263 g/mol. The zero-order valence-electron chi connectivity index (χ0n) is 9.30. The smallest absolute Gasteiger partial charge is 0.112 e. The molecule has 0 saturated carbocycles. The molecule has 2 N–H and O–H groups in total. The zero-order chi connectivity index (χ0) is 11.8. The Morgan fingerprint density at radius 3 is 2.81 bits per heavy atom. The van der Waals surface area contributed by atoms with E-state index in [0.29, 0.717) is 9.36 Å². The molecule has 1 saturated heterocycles. The molecule has 0 aliphatic carbocycles. The fourth-order valence-electron chi connectivity index (χ4n) is 2.13. The van der Waals surface area contributed by atoms with Crippen molar-refractivity contribution in [3.63, 3.8) is 0 Å². The average molecular weight is 279 g/mol. The second-order valence-electron chi connectivity index (χ2n) is 4.82. The lowest BCUT2D eigenvalue weighted by Gasteiger charge is -2.22. The van der Waals surface area contributed by atoms with Gasteiger partial charge in [0.2, 0.25) is 0 Å². The van der Waals surface area contributed by atoms with Crippen LogP contribution in [0.1, 0.15) is 18.9 Å². The van der Waals surface area contributed by atoms with Gasteiger partial charge in [-0.2, -0.15) is 0 Å². The van der Waals surface area contributed by atoms with E-state index >= 15 is 0 Å². The van der Waals surface area contributed by atoms with Crippen LogP contribution in [0.5, 0.6) is 0 Å². The van der Waals surface area contributed by atoms with Gasteiger partial charge >= 0.3 is 0 Å². The maximum Gasteiger partial charge on any atom is 0.112 e. The Hall–Kier alpha value is 0.200. The van der Waals surface area contributed by atoms with Gasteiger partial charge in [-0.25, -0.2) is 0 Å². The van der Waals surface area contributed by atoms with Crippen LogP contribution in [0.15, 0.2) is 5.38 Å². The van der Waals surface area contributed by atoms with Gasteiger partial charge in [0.05, 0.1) is 5.02 Å². The van der Waals surface area contributed by atoms with Gasteiger partial charge in [-0.3, -0.25) is 4.90 Å². The van der Waals surface area contributed by atoms with Gasteiger partial charge in [0.1, 0.15) is 4.34 Å². The maximum atomic E-state index is 6.12.